The van der Waals surface area contributed by atoms with Crippen LogP contribution in [0.5, 0.6) is 0 Å². The van der Waals surface area contributed by atoms with Crippen molar-refractivity contribution in [2.75, 3.05) is 13.2 Å². The minimum Gasteiger partial charge on any atom is -0.369 e. The van der Waals surface area contributed by atoms with Crippen molar-refractivity contribution in [1.82, 2.24) is 9.88 Å². The van der Waals surface area contributed by atoms with E-state index in [-0.39, 0.29) is 11.7 Å². The van der Waals surface area contributed by atoms with Crippen molar-refractivity contribution in [2.45, 2.75) is 25.5 Å². The molecule has 0 saturated carbocycles. The number of halogens is 1. The van der Waals surface area contributed by atoms with Gasteiger partial charge in [-0.15, -0.1) is 0 Å². The summed E-state index contributed by atoms with van der Waals surface area (Å²) in [6, 6.07) is 9.99. The molecule has 0 aliphatic carbocycles. The minimum atomic E-state index is -0.468. The molecule has 1 aromatic heterocycles. The summed E-state index contributed by atoms with van der Waals surface area (Å²) in [7, 11) is 0. The predicted octanol–water partition coefficient (Wildman–Crippen LogP) is 3.21. The van der Waals surface area contributed by atoms with Gasteiger partial charge in [-0.05, 0) is 32.0 Å². The summed E-state index contributed by atoms with van der Waals surface area (Å²) in [5, 5.41) is 0. The van der Waals surface area contributed by atoms with E-state index in [0.717, 1.165) is 0 Å². The second-order valence-electron chi connectivity index (χ2n) is 6.29. The first-order chi connectivity index (χ1) is 11.0. The fourth-order valence-electron chi connectivity index (χ4n) is 2.78. The van der Waals surface area contributed by atoms with Gasteiger partial charge in [-0.25, -0.2) is 4.39 Å². The highest BCUT2D eigenvalue weighted by Gasteiger charge is 2.39. The Morgan fingerprint density at radius 2 is 2.09 bits per heavy atom. The molecule has 3 rings (SSSR count). The molecule has 1 fully saturated rings. The number of hydrogen-bond acceptors (Lipinski definition) is 3. The van der Waals surface area contributed by atoms with E-state index in [1.807, 2.05) is 13.8 Å². The van der Waals surface area contributed by atoms with Crippen LogP contribution in [0.3, 0.4) is 0 Å². The van der Waals surface area contributed by atoms with Gasteiger partial charge < -0.3 is 9.64 Å². The van der Waals surface area contributed by atoms with Crippen molar-refractivity contribution in [3.8, 4) is 0 Å². The van der Waals surface area contributed by atoms with Crippen molar-refractivity contribution in [3.05, 3.63) is 65.7 Å². The lowest BCUT2D eigenvalue weighted by Gasteiger charge is -2.45. The molecule has 23 heavy (non-hydrogen) atoms. The summed E-state index contributed by atoms with van der Waals surface area (Å²) in [6.07, 6.45) is 2.71. The van der Waals surface area contributed by atoms with Crippen LogP contribution in [0.1, 0.15) is 35.9 Å². The quantitative estimate of drug-likeness (QED) is 0.855. The van der Waals surface area contributed by atoms with E-state index < -0.39 is 11.6 Å². The van der Waals surface area contributed by atoms with Crippen LogP contribution in [0.25, 0.3) is 0 Å². The van der Waals surface area contributed by atoms with Crippen LogP contribution in [0.4, 0.5) is 4.39 Å². The summed E-state index contributed by atoms with van der Waals surface area (Å²) >= 11 is 0. The number of nitrogens with zero attached hydrogens (tertiary/aromatic N) is 2. The Kier molecular flexibility index (Phi) is 4.13. The lowest BCUT2D eigenvalue weighted by Crippen LogP contribution is -2.56. The van der Waals surface area contributed by atoms with Crippen LogP contribution in [-0.2, 0) is 4.74 Å². The fraction of sp³-hybridized carbons (Fsp3) is 0.333. The molecule has 5 heteroatoms. The lowest BCUT2D eigenvalue weighted by molar-refractivity contribution is -0.0857. The number of benzene rings is 1. The Bertz CT molecular complexity index is 703. The number of morpholine rings is 1. The SMILES string of the molecule is CC1(C)COC(c2ccccc2F)CN1C(=O)c1cccnc1. The first-order valence-electron chi connectivity index (χ1n) is 7.57. The van der Waals surface area contributed by atoms with Crippen LogP contribution in [-0.4, -0.2) is 34.5 Å². The van der Waals surface area contributed by atoms with Gasteiger partial charge in [0.05, 0.1) is 24.3 Å². The standard InChI is InChI=1S/C18H19FN2O2/c1-18(2)12-23-16(14-7-3-4-8-15(14)19)11-21(18)17(22)13-6-5-9-20-10-13/h3-10,16H,11-12H2,1-2H3. The number of carbonyl (C=O) groups excluding carboxylic acids is 1. The van der Waals surface area contributed by atoms with Crippen molar-refractivity contribution in [2.24, 2.45) is 0 Å². The van der Waals surface area contributed by atoms with E-state index >= 15 is 0 Å². The van der Waals surface area contributed by atoms with Crippen LogP contribution >= 0.6 is 0 Å². The smallest absolute Gasteiger partial charge is 0.256 e. The molecule has 4 nitrogen and oxygen atoms in total. The molecule has 0 spiro atoms. The number of amides is 1. The van der Waals surface area contributed by atoms with Crippen molar-refractivity contribution < 1.29 is 13.9 Å². The van der Waals surface area contributed by atoms with E-state index in [1.54, 1.807) is 47.6 Å². The number of ether oxygens (including phenoxy) is 1. The summed E-state index contributed by atoms with van der Waals surface area (Å²) in [4.78, 5) is 18.6. The fourth-order valence-corrected chi connectivity index (χ4v) is 2.78. The van der Waals surface area contributed by atoms with Crippen molar-refractivity contribution in [1.29, 1.82) is 0 Å². The Morgan fingerprint density at radius 1 is 1.30 bits per heavy atom. The third kappa shape index (κ3) is 3.10. The molecule has 2 heterocycles. The van der Waals surface area contributed by atoms with E-state index in [0.29, 0.717) is 24.3 Å². The van der Waals surface area contributed by atoms with Gasteiger partial charge in [-0.1, -0.05) is 18.2 Å². The molecule has 1 aromatic carbocycles. The molecule has 0 radical (unpaired) electrons. The number of pyridine rings is 1. The number of rotatable bonds is 2. The van der Waals surface area contributed by atoms with Gasteiger partial charge >= 0.3 is 0 Å². The molecule has 1 unspecified atom stereocenters. The summed E-state index contributed by atoms with van der Waals surface area (Å²) < 4.78 is 19.9. The van der Waals surface area contributed by atoms with Crippen LogP contribution in [0.15, 0.2) is 48.8 Å². The lowest BCUT2D eigenvalue weighted by atomic mass is 9.97. The molecule has 2 aromatic rings. The molecular weight excluding hydrogens is 295 g/mol. The topological polar surface area (TPSA) is 42.4 Å². The van der Waals surface area contributed by atoms with Crippen molar-refractivity contribution in [3.63, 3.8) is 0 Å². The van der Waals surface area contributed by atoms with Gasteiger partial charge in [0.15, 0.2) is 0 Å². The van der Waals surface area contributed by atoms with Crippen LogP contribution in [0, 0.1) is 5.82 Å². The van der Waals surface area contributed by atoms with E-state index in [2.05, 4.69) is 4.98 Å². The zero-order valence-electron chi connectivity index (χ0n) is 13.2. The van der Waals surface area contributed by atoms with Crippen molar-refractivity contribution >= 4 is 5.91 Å². The number of aromatic nitrogens is 1. The minimum absolute atomic E-state index is 0.118. The molecule has 1 aliphatic rings. The Hall–Kier alpha value is -2.27. The van der Waals surface area contributed by atoms with Gasteiger partial charge in [0.2, 0.25) is 0 Å². The zero-order chi connectivity index (χ0) is 16.4. The second-order valence-corrected chi connectivity index (χ2v) is 6.29. The Labute approximate surface area is 134 Å². The largest absolute Gasteiger partial charge is 0.369 e. The molecule has 1 aliphatic heterocycles. The summed E-state index contributed by atoms with van der Waals surface area (Å²) in [5.41, 5.74) is 0.538. The average Bonchev–Trinajstić information content (AvgIpc) is 2.56. The van der Waals surface area contributed by atoms with Crippen LogP contribution < -0.4 is 0 Å². The first-order valence-corrected chi connectivity index (χ1v) is 7.57. The molecule has 0 N–H and O–H groups in total. The van der Waals surface area contributed by atoms with E-state index in [1.165, 1.54) is 6.07 Å². The predicted molar refractivity (Wildman–Crippen MR) is 84.4 cm³/mol. The van der Waals surface area contributed by atoms with Gasteiger partial charge in [-0.3, -0.25) is 9.78 Å². The summed E-state index contributed by atoms with van der Waals surface area (Å²) in [5.74, 6) is -0.432. The molecule has 1 saturated heterocycles. The number of carbonyl (C=O) groups is 1. The maximum atomic E-state index is 14.0. The molecule has 1 amide bonds. The average molecular weight is 314 g/mol. The van der Waals surface area contributed by atoms with Gasteiger partial charge in [0, 0.05) is 18.0 Å². The molecule has 1 atom stereocenters. The molecule has 120 valence electrons. The second kappa shape index (κ2) is 6.08. The van der Waals surface area contributed by atoms with E-state index in [4.69, 9.17) is 4.74 Å². The highest BCUT2D eigenvalue weighted by molar-refractivity contribution is 5.94. The summed E-state index contributed by atoms with van der Waals surface area (Å²) in [6.45, 7) is 4.54. The molecular formula is C18H19FN2O2. The maximum absolute atomic E-state index is 14.0. The number of hydrogen-bond donors (Lipinski definition) is 0. The Morgan fingerprint density at radius 3 is 2.78 bits per heavy atom. The highest BCUT2D eigenvalue weighted by Crippen LogP contribution is 2.32. The van der Waals surface area contributed by atoms with E-state index in [9.17, 15) is 9.18 Å². The zero-order valence-corrected chi connectivity index (χ0v) is 13.2. The molecule has 0 bridgehead atoms. The maximum Gasteiger partial charge on any atom is 0.256 e. The third-order valence-corrected chi connectivity index (χ3v) is 4.12. The third-order valence-electron chi connectivity index (χ3n) is 4.12. The highest BCUT2D eigenvalue weighted by atomic mass is 19.1. The first kappa shape index (κ1) is 15.6. The van der Waals surface area contributed by atoms with Gasteiger partial charge in [0.1, 0.15) is 11.9 Å². The van der Waals surface area contributed by atoms with Crippen LogP contribution in [0.2, 0.25) is 0 Å². The van der Waals surface area contributed by atoms with Gasteiger partial charge in [-0.2, -0.15) is 0 Å². The van der Waals surface area contributed by atoms with Gasteiger partial charge in [0.25, 0.3) is 5.91 Å². The Balaban J connectivity index is 1.88. The monoisotopic (exact) mass is 314 g/mol. The normalized spacial score (nSPS) is 20.3.